The summed E-state index contributed by atoms with van der Waals surface area (Å²) in [7, 11) is 0. The molecule has 0 bridgehead atoms. The quantitative estimate of drug-likeness (QED) is 0.817. The number of anilines is 1. The maximum atomic E-state index is 11.8. The second-order valence-corrected chi connectivity index (χ2v) is 4.76. The van der Waals surface area contributed by atoms with Crippen molar-refractivity contribution in [2.45, 2.75) is 26.8 Å². The van der Waals surface area contributed by atoms with Crippen molar-refractivity contribution >= 4 is 11.6 Å². The highest BCUT2D eigenvalue weighted by atomic mass is 16.2. The van der Waals surface area contributed by atoms with E-state index in [1.807, 2.05) is 25.1 Å². The molecule has 1 aliphatic heterocycles. The van der Waals surface area contributed by atoms with Gasteiger partial charge in [0.05, 0.1) is 0 Å². The Morgan fingerprint density at radius 1 is 1.44 bits per heavy atom. The third kappa shape index (κ3) is 1.95. The molecule has 1 amide bonds. The molecular weight excluding hydrogens is 200 g/mol. The van der Waals surface area contributed by atoms with Crippen LogP contribution in [-0.4, -0.2) is 12.5 Å². The summed E-state index contributed by atoms with van der Waals surface area (Å²) in [4.78, 5) is 11.8. The minimum absolute atomic E-state index is 0.0601. The smallest absolute Gasteiger partial charge is 0.246 e. The zero-order chi connectivity index (χ0) is 11.7. The number of carbonyl (C=O) groups excluding carboxylic acids is 1. The molecule has 3 heteroatoms. The number of hydrogen-bond donors (Lipinski definition) is 2. The third-order valence-electron chi connectivity index (χ3n) is 2.86. The Bertz CT molecular complexity index is 412. The SMILES string of the molecule is Cc1cccc2c1NC(=O)C2NCC(C)C. The van der Waals surface area contributed by atoms with Crippen molar-refractivity contribution in [1.29, 1.82) is 0 Å². The summed E-state index contributed by atoms with van der Waals surface area (Å²) in [6.07, 6.45) is 0. The summed E-state index contributed by atoms with van der Waals surface area (Å²) < 4.78 is 0. The van der Waals surface area contributed by atoms with Crippen molar-refractivity contribution in [2.24, 2.45) is 5.92 Å². The number of benzene rings is 1. The lowest BCUT2D eigenvalue weighted by Gasteiger charge is -2.13. The Kier molecular flexibility index (Phi) is 2.97. The van der Waals surface area contributed by atoms with Crippen LogP contribution in [0.1, 0.15) is 31.0 Å². The van der Waals surface area contributed by atoms with Crippen LogP contribution in [0.3, 0.4) is 0 Å². The maximum absolute atomic E-state index is 11.8. The molecule has 2 rings (SSSR count). The first-order chi connectivity index (χ1) is 7.59. The number of nitrogens with one attached hydrogen (secondary N) is 2. The molecule has 86 valence electrons. The van der Waals surface area contributed by atoms with E-state index in [9.17, 15) is 4.79 Å². The fourth-order valence-corrected chi connectivity index (χ4v) is 1.99. The van der Waals surface area contributed by atoms with E-state index in [-0.39, 0.29) is 11.9 Å². The van der Waals surface area contributed by atoms with Crippen LogP contribution in [0.4, 0.5) is 5.69 Å². The van der Waals surface area contributed by atoms with E-state index in [1.54, 1.807) is 0 Å². The molecule has 1 aromatic carbocycles. The van der Waals surface area contributed by atoms with Crippen LogP contribution < -0.4 is 10.6 Å². The zero-order valence-electron chi connectivity index (χ0n) is 10.0. The summed E-state index contributed by atoms with van der Waals surface area (Å²) >= 11 is 0. The number of amides is 1. The molecule has 2 N–H and O–H groups in total. The molecular formula is C13H18N2O. The Morgan fingerprint density at radius 3 is 2.88 bits per heavy atom. The van der Waals surface area contributed by atoms with Crippen molar-refractivity contribution in [3.63, 3.8) is 0 Å². The molecule has 1 aliphatic rings. The third-order valence-corrected chi connectivity index (χ3v) is 2.86. The Labute approximate surface area is 96.2 Å². The van der Waals surface area contributed by atoms with Gasteiger partial charge in [0.15, 0.2) is 0 Å². The molecule has 16 heavy (non-hydrogen) atoms. The van der Waals surface area contributed by atoms with E-state index in [0.29, 0.717) is 5.92 Å². The van der Waals surface area contributed by atoms with Gasteiger partial charge >= 0.3 is 0 Å². The van der Waals surface area contributed by atoms with Crippen molar-refractivity contribution in [1.82, 2.24) is 5.32 Å². The van der Waals surface area contributed by atoms with E-state index in [2.05, 4.69) is 24.5 Å². The van der Waals surface area contributed by atoms with Gasteiger partial charge < -0.3 is 10.6 Å². The number of rotatable bonds is 3. The van der Waals surface area contributed by atoms with Crippen LogP contribution in [0, 0.1) is 12.8 Å². The molecule has 0 saturated heterocycles. The number of carbonyl (C=O) groups is 1. The van der Waals surface area contributed by atoms with Gasteiger partial charge in [-0.25, -0.2) is 0 Å². The molecule has 3 nitrogen and oxygen atoms in total. The summed E-state index contributed by atoms with van der Waals surface area (Å²) in [5.74, 6) is 0.603. The van der Waals surface area contributed by atoms with Gasteiger partial charge in [0.25, 0.3) is 0 Å². The highest BCUT2D eigenvalue weighted by Gasteiger charge is 2.30. The zero-order valence-corrected chi connectivity index (χ0v) is 10.0. The Hall–Kier alpha value is -1.35. The molecule has 0 aliphatic carbocycles. The molecule has 1 unspecified atom stereocenters. The lowest BCUT2D eigenvalue weighted by atomic mass is 10.0. The van der Waals surface area contributed by atoms with Gasteiger partial charge in [0.1, 0.15) is 6.04 Å². The average Bonchev–Trinajstić information content (AvgIpc) is 2.53. The van der Waals surface area contributed by atoms with Gasteiger partial charge in [0, 0.05) is 11.3 Å². The van der Waals surface area contributed by atoms with Crippen LogP contribution in [-0.2, 0) is 4.79 Å². The summed E-state index contributed by atoms with van der Waals surface area (Å²) in [6, 6.07) is 5.85. The molecule has 0 saturated carbocycles. The monoisotopic (exact) mass is 218 g/mol. The highest BCUT2D eigenvalue weighted by Crippen LogP contribution is 2.33. The normalized spacial score (nSPS) is 18.8. The molecule has 0 spiro atoms. The summed E-state index contributed by atoms with van der Waals surface area (Å²) in [5.41, 5.74) is 3.18. The van der Waals surface area contributed by atoms with Crippen LogP contribution in [0.5, 0.6) is 0 Å². The van der Waals surface area contributed by atoms with Crippen LogP contribution in [0.25, 0.3) is 0 Å². The largest absolute Gasteiger partial charge is 0.324 e. The van der Waals surface area contributed by atoms with Gasteiger partial charge in [-0.05, 0) is 24.9 Å². The second kappa shape index (κ2) is 4.26. The second-order valence-electron chi connectivity index (χ2n) is 4.76. The standard InChI is InChI=1S/C13H18N2O/c1-8(2)7-14-12-10-6-4-5-9(3)11(10)15-13(12)16/h4-6,8,12,14H,7H2,1-3H3,(H,15,16). The van der Waals surface area contributed by atoms with E-state index < -0.39 is 0 Å². The summed E-state index contributed by atoms with van der Waals surface area (Å²) in [6.45, 7) is 7.14. The van der Waals surface area contributed by atoms with Gasteiger partial charge in [-0.3, -0.25) is 4.79 Å². The van der Waals surface area contributed by atoms with Crippen molar-refractivity contribution in [3.05, 3.63) is 29.3 Å². The topological polar surface area (TPSA) is 41.1 Å². The first-order valence-corrected chi connectivity index (χ1v) is 5.73. The van der Waals surface area contributed by atoms with Crippen molar-refractivity contribution < 1.29 is 4.79 Å². The minimum atomic E-state index is -0.183. The van der Waals surface area contributed by atoms with Gasteiger partial charge in [-0.2, -0.15) is 0 Å². The highest BCUT2D eigenvalue weighted by molar-refractivity contribution is 6.03. The molecule has 1 aromatic rings. The number of hydrogen-bond acceptors (Lipinski definition) is 2. The number of para-hydroxylation sites is 1. The van der Waals surface area contributed by atoms with E-state index in [1.165, 1.54) is 0 Å². The fourth-order valence-electron chi connectivity index (χ4n) is 1.99. The predicted molar refractivity (Wildman–Crippen MR) is 65.4 cm³/mol. The van der Waals surface area contributed by atoms with Crippen molar-refractivity contribution in [2.75, 3.05) is 11.9 Å². The van der Waals surface area contributed by atoms with E-state index >= 15 is 0 Å². The first kappa shape index (κ1) is 11.1. The first-order valence-electron chi connectivity index (χ1n) is 5.73. The van der Waals surface area contributed by atoms with Gasteiger partial charge in [-0.15, -0.1) is 0 Å². The van der Waals surface area contributed by atoms with Crippen LogP contribution in [0.15, 0.2) is 18.2 Å². The Morgan fingerprint density at radius 2 is 2.19 bits per heavy atom. The maximum Gasteiger partial charge on any atom is 0.246 e. The van der Waals surface area contributed by atoms with Gasteiger partial charge in [-0.1, -0.05) is 32.0 Å². The fraction of sp³-hybridized carbons (Fsp3) is 0.462. The number of aryl methyl sites for hydroxylation is 1. The van der Waals surface area contributed by atoms with E-state index in [4.69, 9.17) is 0 Å². The lowest BCUT2D eigenvalue weighted by Crippen LogP contribution is -2.30. The van der Waals surface area contributed by atoms with Crippen LogP contribution >= 0.6 is 0 Å². The summed E-state index contributed by atoms with van der Waals surface area (Å²) in [5, 5.41) is 6.24. The van der Waals surface area contributed by atoms with Crippen molar-refractivity contribution in [3.8, 4) is 0 Å². The molecule has 0 aromatic heterocycles. The minimum Gasteiger partial charge on any atom is -0.324 e. The van der Waals surface area contributed by atoms with Gasteiger partial charge in [0.2, 0.25) is 5.91 Å². The molecule has 1 atom stereocenters. The predicted octanol–water partition coefficient (Wildman–Crippen LogP) is 2.23. The van der Waals surface area contributed by atoms with Crippen LogP contribution in [0.2, 0.25) is 0 Å². The Balaban J connectivity index is 2.23. The lowest BCUT2D eigenvalue weighted by molar-refractivity contribution is -0.117. The molecule has 1 heterocycles. The average molecular weight is 218 g/mol. The number of fused-ring (bicyclic) bond motifs is 1. The molecule has 0 fully saturated rings. The molecule has 0 radical (unpaired) electrons. The van der Waals surface area contributed by atoms with E-state index in [0.717, 1.165) is 23.4 Å².